The third-order valence-electron chi connectivity index (χ3n) is 13.1. The molecular formula is C52H39BN2OS2. The van der Waals surface area contributed by atoms with E-state index in [1.165, 1.54) is 107 Å². The molecule has 0 saturated heterocycles. The van der Waals surface area contributed by atoms with Crippen LogP contribution in [-0.4, -0.2) is 11.4 Å². The maximum atomic E-state index is 7.32. The third kappa shape index (κ3) is 4.29. The summed E-state index contributed by atoms with van der Waals surface area (Å²) in [6.45, 7) is 13.6. The lowest BCUT2D eigenvalue weighted by Crippen LogP contribution is -2.60. The van der Waals surface area contributed by atoms with E-state index in [4.69, 9.17) is 4.42 Å². The minimum absolute atomic E-state index is 0.0197. The van der Waals surface area contributed by atoms with E-state index in [-0.39, 0.29) is 17.7 Å². The number of nitrogens with zero attached hydrogens (tertiary/aromatic N) is 2. The summed E-state index contributed by atoms with van der Waals surface area (Å²) in [7, 11) is 0. The fourth-order valence-corrected chi connectivity index (χ4v) is 12.4. The molecule has 0 spiro atoms. The number of furan rings is 1. The first kappa shape index (κ1) is 33.2. The standard InChI is InChI=1S/C52H39BN2OS2/c1-51(2,3)28-15-18-30(19-16-28)55-41-27-46-37(31-11-7-9-13-43(31)58-46)24-35(41)33-20-21-34-36-26-45-38(32-12-8-10-14-44(32)57-45)25-40(36)54-48(34)47(33)53(55)50-49(54)39-23-29(52(4,5)6)17-22-42(39)56-50/h7-27H,1-6H3. The van der Waals surface area contributed by atoms with Gasteiger partial charge in [-0.2, -0.15) is 0 Å². The fourth-order valence-electron chi connectivity index (χ4n) is 10.2. The molecule has 4 aromatic heterocycles. The molecule has 0 aliphatic carbocycles. The van der Waals surface area contributed by atoms with Crippen LogP contribution >= 0.6 is 22.7 Å². The number of benzene rings is 7. The van der Waals surface area contributed by atoms with Crippen LogP contribution in [0.2, 0.25) is 0 Å². The van der Waals surface area contributed by atoms with E-state index in [0.29, 0.717) is 0 Å². The van der Waals surface area contributed by atoms with Crippen LogP contribution in [0.4, 0.5) is 11.4 Å². The second-order valence-electron chi connectivity index (χ2n) is 18.5. The van der Waals surface area contributed by atoms with Crippen LogP contribution in [0, 0.1) is 0 Å². The van der Waals surface area contributed by atoms with Crippen LogP contribution in [0.15, 0.2) is 132 Å². The SMILES string of the molecule is CC(C)(C)c1ccc(N2B3c4oc5ccc(C(C)(C)C)cc5c4-n4c5cc6c(cc5c5ccc(c3c54)-c3cc4c(cc32)sc2ccccc24)sc2ccccc26)cc1. The average molecular weight is 783 g/mol. The van der Waals surface area contributed by atoms with Crippen molar-refractivity contribution in [3.63, 3.8) is 0 Å². The topological polar surface area (TPSA) is 21.3 Å². The highest BCUT2D eigenvalue weighted by atomic mass is 32.1. The summed E-state index contributed by atoms with van der Waals surface area (Å²) in [6, 6.07) is 48.6. The van der Waals surface area contributed by atoms with Crippen LogP contribution < -0.4 is 15.9 Å². The van der Waals surface area contributed by atoms with Gasteiger partial charge in [0.05, 0.1) is 16.7 Å². The van der Waals surface area contributed by atoms with Crippen molar-refractivity contribution in [3.05, 3.63) is 139 Å². The van der Waals surface area contributed by atoms with Crippen molar-refractivity contribution in [3.8, 4) is 16.8 Å². The van der Waals surface area contributed by atoms with Gasteiger partial charge in [0.1, 0.15) is 11.2 Å². The van der Waals surface area contributed by atoms with Gasteiger partial charge in [-0.05, 0) is 93.6 Å². The summed E-state index contributed by atoms with van der Waals surface area (Å²) in [4.78, 5) is 2.60. The molecule has 58 heavy (non-hydrogen) atoms. The molecule has 0 radical (unpaired) electrons. The number of fused-ring (bicyclic) bond motifs is 16. The van der Waals surface area contributed by atoms with Gasteiger partial charge in [-0.3, -0.25) is 0 Å². The summed E-state index contributed by atoms with van der Waals surface area (Å²) >= 11 is 3.78. The zero-order chi connectivity index (χ0) is 39.0. The van der Waals surface area contributed by atoms with Gasteiger partial charge in [0, 0.05) is 73.4 Å². The molecule has 7 aromatic carbocycles. The van der Waals surface area contributed by atoms with Gasteiger partial charge in [-0.25, -0.2) is 0 Å². The first-order valence-electron chi connectivity index (χ1n) is 20.4. The van der Waals surface area contributed by atoms with Crippen LogP contribution in [0.25, 0.3) is 89.9 Å². The highest BCUT2D eigenvalue weighted by Crippen LogP contribution is 2.50. The monoisotopic (exact) mass is 782 g/mol. The summed E-state index contributed by atoms with van der Waals surface area (Å²) in [5, 5.41) is 9.01. The lowest BCUT2D eigenvalue weighted by Gasteiger charge is -2.40. The smallest absolute Gasteiger partial charge is 0.375 e. The largest absolute Gasteiger partial charge is 0.466 e. The Morgan fingerprint density at radius 1 is 0.517 bits per heavy atom. The highest BCUT2D eigenvalue weighted by Gasteiger charge is 2.47. The average Bonchev–Trinajstić information content (AvgIpc) is 3.96. The number of anilines is 2. The van der Waals surface area contributed by atoms with E-state index in [2.05, 4.69) is 178 Å². The van der Waals surface area contributed by atoms with Crippen LogP contribution in [0.1, 0.15) is 52.7 Å². The Morgan fingerprint density at radius 3 is 1.88 bits per heavy atom. The van der Waals surface area contributed by atoms with Crippen molar-refractivity contribution < 1.29 is 4.42 Å². The van der Waals surface area contributed by atoms with Crippen LogP contribution in [0.3, 0.4) is 0 Å². The zero-order valence-corrected chi connectivity index (χ0v) is 35.0. The van der Waals surface area contributed by atoms with Gasteiger partial charge in [0.25, 0.3) is 0 Å². The number of thiophene rings is 2. The highest BCUT2D eigenvalue weighted by molar-refractivity contribution is 7.26. The first-order chi connectivity index (χ1) is 28.0. The van der Waals surface area contributed by atoms with Crippen molar-refractivity contribution in [1.82, 2.24) is 4.57 Å². The molecular weight excluding hydrogens is 744 g/mol. The Morgan fingerprint density at radius 2 is 1.17 bits per heavy atom. The third-order valence-corrected chi connectivity index (χ3v) is 15.3. The number of rotatable bonds is 1. The Kier molecular flexibility index (Phi) is 6.30. The second kappa shape index (κ2) is 11.0. The summed E-state index contributed by atoms with van der Waals surface area (Å²) in [5.74, 6) is 0. The van der Waals surface area contributed by atoms with Crippen molar-refractivity contribution in [2.45, 2.75) is 52.4 Å². The van der Waals surface area contributed by atoms with Crippen LogP contribution in [-0.2, 0) is 10.8 Å². The molecule has 0 unspecified atom stereocenters. The summed E-state index contributed by atoms with van der Waals surface area (Å²) < 4.78 is 15.2. The van der Waals surface area contributed by atoms with Crippen molar-refractivity contribution in [2.24, 2.45) is 0 Å². The number of hydrogen-bond donors (Lipinski definition) is 0. The normalized spacial score (nSPS) is 14.0. The maximum Gasteiger partial charge on any atom is 0.375 e. The van der Waals surface area contributed by atoms with Gasteiger partial charge in [-0.1, -0.05) is 108 Å². The minimum Gasteiger partial charge on any atom is -0.466 e. The lowest BCUT2D eigenvalue weighted by molar-refractivity contribution is 0.590. The molecule has 278 valence electrons. The lowest BCUT2D eigenvalue weighted by atomic mass is 9.46. The Bertz CT molecular complexity index is 3600. The van der Waals surface area contributed by atoms with Gasteiger partial charge in [0.2, 0.25) is 0 Å². The van der Waals surface area contributed by atoms with Gasteiger partial charge >= 0.3 is 6.85 Å². The van der Waals surface area contributed by atoms with E-state index in [9.17, 15) is 0 Å². The molecule has 0 saturated carbocycles. The maximum absolute atomic E-state index is 7.32. The molecule has 0 amide bonds. The Labute approximate surface area is 344 Å². The van der Waals surface area contributed by atoms with Crippen molar-refractivity contribution in [2.75, 3.05) is 4.81 Å². The molecule has 3 nitrogen and oxygen atoms in total. The fraction of sp³-hybridized carbons (Fsp3) is 0.154. The van der Waals surface area contributed by atoms with E-state index < -0.39 is 0 Å². The molecule has 6 heteroatoms. The van der Waals surface area contributed by atoms with E-state index in [1.807, 2.05) is 22.7 Å². The molecule has 0 atom stereocenters. The van der Waals surface area contributed by atoms with E-state index in [1.54, 1.807) is 0 Å². The molecule has 0 N–H and O–H groups in total. The molecule has 0 fully saturated rings. The van der Waals surface area contributed by atoms with Crippen molar-refractivity contribution in [1.29, 1.82) is 0 Å². The molecule has 13 rings (SSSR count). The quantitative estimate of drug-likeness (QED) is 0.155. The number of aromatic nitrogens is 1. The first-order valence-corrected chi connectivity index (χ1v) is 22.0. The summed E-state index contributed by atoms with van der Waals surface area (Å²) in [5.41, 5.74) is 14.5. The molecule has 2 aliphatic rings. The van der Waals surface area contributed by atoms with Crippen LogP contribution in [0.5, 0.6) is 0 Å². The van der Waals surface area contributed by atoms with Crippen molar-refractivity contribution >= 4 is 125 Å². The predicted molar refractivity (Wildman–Crippen MR) is 253 cm³/mol. The summed E-state index contributed by atoms with van der Waals surface area (Å²) in [6.07, 6.45) is 0. The molecule has 6 heterocycles. The zero-order valence-electron chi connectivity index (χ0n) is 33.3. The van der Waals surface area contributed by atoms with E-state index in [0.717, 1.165) is 16.9 Å². The number of hydrogen-bond acceptors (Lipinski definition) is 4. The molecule has 11 aromatic rings. The Balaban J connectivity index is 1.22. The van der Waals surface area contributed by atoms with Gasteiger partial charge < -0.3 is 13.8 Å². The van der Waals surface area contributed by atoms with Gasteiger partial charge in [-0.15, -0.1) is 22.7 Å². The van der Waals surface area contributed by atoms with E-state index >= 15 is 0 Å². The minimum atomic E-state index is -0.183. The predicted octanol–water partition coefficient (Wildman–Crippen LogP) is 14.1. The molecule has 2 aliphatic heterocycles. The second-order valence-corrected chi connectivity index (χ2v) is 20.7. The molecule has 0 bridgehead atoms. The van der Waals surface area contributed by atoms with Gasteiger partial charge in [0.15, 0.2) is 0 Å². The Hall–Kier alpha value is -5.82.